The van der Waals surface area contributed by atoms with E-state index in [0.717, 1.165) is 23.9 Å². The summed E-state index contributed by atoms with van der Waals surface area (Å²) < 4.78 is 83.0. The Bertz CT molecular complexity index is 1300. The van der Waals surface area contributed by atoms with Crippen LogP contribution in [0.5, 0.6) is 5.75 Å². The summed E-state index contributed by atoms with van der Waals surface area (Å²) in [6.45, 7) is 2.07. The number of fused-ring (bicyclic) bond motifs is 1. The van der Waals surface area contributed by atoms with Crippen LogP contribution >= 0.6 is 0 Å². The number of aliphatic hydroxyl groups is 1. The number of halogens is 4. The van der Waals surface area contributed by atoms with Crippen LogP contribution < -0.4 is 9.46 Å². The van der Waals surface area contributed by atoms with Gasteiger partial charge in [-0.25, -0.2) is 4.39 Å². The lowest BCUT2D eigenvalue weighted by Crippen LogP contribution is -2.30. The molecule has 0 saturated carbocycles. The second-order valence-electron chi connectivity index (χ2n) is 7.96. The number of anilines is 1. The molecule has 0 amide bonds. The molecule has 11 heteroatoms. The number of alkyl halides is 3. The molecular weight excluding hydrogens is 476 g/mol. The Morgan fingerprint density at radius 3 is 2.59 bits per heavy atom. The first-order valence-electron chi connectivity index (χ1n) is 10.2. The number of sulfonamides is 1. The summed E-state index contributed by atoms with van der Waals surface area (Å²) in [5, 5.41) is 11.0. The molecule has 6 nitrogen and oxygen atoms in total. The van der Waals surface area contributed by atoms with Crippen molar-refractivity contribution in [1.29, 1.82) is 0 Å². The SMILES string of the molecule is C[C@H](c1ccccn1)[C@H]1COc2cc(-c3cc(F)ccc3NS(=O)(=O)C(F)(F)F)ccc2[C@@H]1O. The van der Waals surface area contributed by atoms with E-state index in [0.29, 0.717) is 5.56 Å². The van der Waals surface area contributed by atoms with Gasteiger partial charge in [-0.2, -0.15) is 21.6 Å². The third kappa shape index (κ3) is 4.58. The van der Waals surface area contributed by atoms with Crippen LogP contribution in [-0.4, -0.2) is 30.6 Å². The lowest BCUT2D eigenvalue weighted by Gasteiger charge is -2.34. The standard InChI is InChI=1S/C23H20F4N2O4S/c1-13(19-4-2-3-9-28-19)18-12-33-21-10-14(5-7-16(21)22(18)30)17-11-15(24)6-8-20(17)29-34(31,32)23(25,26)27/h2-11,13,18,22,29-30H,12H2,1H3/t13-,18+,22-/m0/s1. The van der Waals surface area contributed by atoms with Crippen molar-refractivity contribution < 1.29 is 35.8 Å². The molecule has 34 heavy (non-hydrogen) atoms. The Balaban J connectivity index is 1.67. The molecule has 2 aromatic carbocycles. The number of aliphatic hydroxyl groups excluding tert-OH is 1. The molecule has 0 aliphatic carbocycles. The first-order valence-corrected chi connectivity index (χ1v) is 11.7. The molecule has 1 aliphatic rings. The van der Waals surface area contributed by atoms with Crippen molar-refractivity contribution in [2.75, 3.05) is 11.3 Å². The number of hydrogen-bond donors (Lipinski definition) is 2. The highest BCUT2D eigenvalue weighted by atomic mass is 32.2. The van der Waals surface area contributed by atoms with E-state index in [1.54, 1.807) is 12.3 Å². The summed E-state index contributed by atoms with van der Waals surface area (Å²) >= 11 is 0. The third-order valence-electron chi connectivity index (χ3n) is 5.81. The molecule has 0 radical (unpaired) electrons. The molecule has 0 bridgehead atoms. The highest BCUT2D eigenvalue weighted by molar-refractivity contribution is 7.93. The molecule has 1 aromatic heterocycles. The number of pyridine rings is 1. The topological polar surface area (TPSA) is 88.5 Å². The first kappa shape index (κ1) is 24.0. The Morgan fingerprint density at radius 2 is 1.91 bits per heavy atom. The van der Waals surface area contributed by atoms with E-state index >= 15 is 0 Å². The number of ether oxygens (including phenoxy) is 1. The van der Waals surface area contributed by atoms with Crippen molar-refractivity contribution >= 4 is 15.7 Å². The average Bonchev–Trinajstić information content (AvgIpc) is 2.79. The number of rotatable bonds is 5. The highest BCUT2D eigenvalue weighted by Gasteiger charge is 2.46. The molecule has 0 saturated heterocycles. The molecule has 3 aromatic rings. The molecule has 1 aliphatic heterocycles. The molecule has 180 valence electrons. The van der Waals surface area contributed by atoms with Crippen LogP contribution in [0.25, 0.3) is 11.1 Å². The number of aromatic nitrogens is 1. The lowest BCUT2D eigenvalue weighted by molar-refractivity contribution is -0.0429. The quantitative estimate of drug-likeness (QED) is 0.486. The zero-order valence-corrected chi connectivity index (χ0v) is 18.6. The predicted octanol–water partition coefficient (Wildman–Crippen LogP) is 4.99. The normalized spacial score (nSPS) is 19.1. The van der Waals surface area contributed by atoms with Gasteiger partial charge in [0.2, 0.25) is 0 Å². The van der Waals surface area contributed by atoms with E-state index in [4.69, 9.17) is 4.74 Å². The van der Waals surface area contributed by atoms with Crippen LogP contribution in [0.2, 0.25) is 0 Å². The van der Waals surface area contributed by atoms with Crippen LogP contribution in [0.3, 0.4) is 0 Å². The number of hydrogen-bond acceptors (Lipinski definition) is 5. The maximum absolute atomic E-state index is 13.9. The summed E-state index contributed by atoms with van der Waals surface area (Å²) in [4.78, 5) is 4.32. The smallest absolute Gasteiger partial charge is 0.493 e. The summed E-state index contributed by atoms with van der Waals surface area (Å²) in [5.74, 6) is -0.941. The van der Waals surface area contributed by atoms with Crippen molar-refractivity contribution in [2.45, 2.75) is 24.5 Å². The second-order valence-corrected chi connectivity index (χ2v) is 9.63. The van der Waals surface area contributed by atoms with E-state index in [1.807, 2.05) is 19.1 Å². The lowest BCUT2D eigenvalue weighted by atomic mass is 9.82. The van der Waals surface area contributed by atoms with Gasteiger partial charge in [0.15, 0.2) is 0 Å². The highest BCUT2D eigenvalue weighted by Crippen LogP contribution is 2.44. The number of nitrogens with zero attached hydrogens (tertiary/aromatic N) is 1. The first-order chi connectivity index (χ1) is 16.0. The van der Waals surface area contributed by atoms with Crippen molar-refractivity contribution in [3.05, 3.63) is 77.9 Å². The summed E-state index contributed by atoms with van der Waals surface area (Å²) in [6.07, 6.45) is 0.747. The van der Waals surface area contributed by atoms with E-state index < -0.39 is 33.1 Å². The fraction of sp³-hybridized carbons (Fsp3) is 0.261. The van der Waals surface area contributed by atoms with Crippen molar-refractivity contribution in [1.82, 2.24) is 4.98 Å². The summed E-state index contributed by atoms with van der Waals surface area (Å²) in [7, 11) is -5.71. The fourth-order valence-corrected chi connectivity index (χ4v) is 4.49. The van der Waals surface area contributed by atoms with E-state index in [9.17, 15) is 31.1 Å². The largest absolute Gasteiger partial charge is 0.516 e. The third-order valence-corrected chi connectivity index (χ3v) is 6.91. The van der Waals surface area contributed by atoms with Gasteiger partial charge in [-0.05, 0) is 42.0 Å². The molecule has 2 N–H and O–H groups in total. The van der Waals surface area contributed by atoms with Crippen molar-refractivity contribution in [2.24, 2.45) is 5.92 Å². The second kappa shape index (κ2) is 8.88. The maximum Gasteiger partial charge on any atom is 0.516 e. The van der Waals surface area contributed by atoms with Crippen molar-refractivity contribution in [3.63, 3.8) is 0 Å². The van der Waals surface area contributed by atoms with Gasteiger partial charge < -0.3 is 9.84 Å². The van der Waals surface area contributed by atoms with Crippen LogP contribution in [0.15, 0.2) is 60.8 Å². The van der Waals surface area contributed by atoms with Gasteiger partial charge in [0.1, 0.15) is 11.6 Å². The Labute approximate surface area is 193 Å². The molecule has 0 unspecified atom stereocenters. The molecule has 3 atom stereocenters. The molecule has 4 rings (SSSR count). The zero-order chi connectivity index (χ0) is 24.7. The average molecular weight is 496 g/mol. The zero-order valence-electron chi connectivity index (χ0n) is 17.8. The predicted molar refractivity (Wildman–Crippen MR) is 117 cm³/mol. The minimum atomic E-state index is -5.71. The van der Waals surface area contributed by atoms with Gasteiger partial charge in [0, 0.05) is 34.9 Å². The summed E-state index contributed by atoms with van der Waals surface area (Å²) in [5.41, 5.74) is -4.65. The van der Waals surface area contributed by atoms with Gasteiger partial charge in [-0.3, -0.25) is 9.71 Å². The Kier molecular flexibility index (Phi) is 6.26. The minimum Gasteiger partial charge on any atom is -0.493 e. The maximum atomic E-state index is 13.9. The molecular formula is C23H20F4N2O4S. The number of nitrogens with one attached hydrogen (secondary N) is 1. The van der Waals surface area contributed by atoms with Gasteiger partial charge >= 0.3 is 15.5 Å². The van der Waals surface area contributed by atoms with Gasteiger partial charge in [0.05, 0.1) is 18.4 Å². The van der Waals surface area contributed by atoms with Gasteiger partial charge in [0.25, 0.3) is 0 Å². The van der Waals surface area contributed by atoms with Gasteiger partial charge in [-0.1, -0.05) is 25.1 Å². The van der Waals surface area contributed by atoms with E-state index in [1.165, 1.54) is 22.9 Å². The molecule has 2 heterocycles. The van der Waals surface area contributed by atoms with E-state index in [-0.39, 0.29) is 35.3 Å². The number of benzene rings is 2. The Hall–Kier alpha value is -3.18. The van der Waals surface area contributed by atoms with Crippen molar-refractivity contribution in [3.8, 4) is 16.9 Å². The van der Waals surface area contributed by atoms with Crippen LogP contribution in [0.1, 0.15) is 30.2 Å². The fourth-order valence-electron chi connectivity index (χ4n) is 3.91. The Morgan fingerprint density at radius 1 is 1.15 bits per heavy atom. The van der Waals surface area contributed by atoms with Crippen LogP contribution in [0.4, 0.5) is 23.2 Å². The minimum absolute atomic E-state index is 0.113. The summed E-state index contributed by atoms with van der Waals surface area (Å²) in [6, 6.07) is 12.6. The van der Waals surface area contributed by atoms with Gasteiger partial charge in [-0.15, -0.1) is 0 Å². The van der Waals surface area contributed by atoms with Crippen LogP contribution in [-0.2, 0) is 10.0 Å². The molecule has 0 fully saturated rings. The molecule has 0 spiro atoms. The van der Waals surface area contributed by atoms with E-state index in [2.05, 4.69) is 4.98 Å². The van der Waals surface area contributed by atoms with Crippen LogP contribution in [0, 0.1) is 11.7 Å². The monoisotopic (exact) mass is 496 g/mol.